The lowest BCUT2D eigenvalue weighted by Gasteiger charge is -2.34. The van der Waals surface area contributed by atoms with Crippen molar-refractivity contribution in [3.8, 4) is 0 Å². The molecule has 1 saturated carbocycles. The van der Waals surface area contributed by atoms with Crippen LogP contribution in [0.2, 0.25) is 0 Å². The molecule has 3 aliphatic rings. The first-order chi connectivity index (χ1) is 16.8. The van der Waals surface area contributed by atoms with Crippen LogP contribution in [0.15, 0.2) is 47.5 Å². The number of benzene rings is 2. The van der Waals surface area contributed by atoms with Gasteiger partial charge in [0.2, 0.25) is 0 Å². The number of nitrogens with zero attached hydrogens (tertiary/aromatic N) is 4. The maximum absolute atomic E-state index is 14.2. The van der Waals surface area contributed by atoms with Gasteiger partial charge in [-0.1, -0.05) is 31.4 Å². The molecule has 186 valence electrons. The van der Waals surface area contributed by atoms with Gasteiger partial charge in [-0.05, 0) is 49.1 Å². The second kappa shape index (κ2) is 9.57. The first kappa shape index (κ1) is 23.7. The van der Waals surface area contributed by atoms with Gasteiger partial charge < -0.3 is 4.90 Å². The van der Waals surface area contributed by atoms with E-state index in [0.717, 1.165) is 50.5 Å². The third-order valence-electron chi connectivity index (χ3n) is 7.47. The van der Waals surface area contributed by atoms with E-state index in [1.54, 1.807) is 0 Å². The summed E-state index contributed by atoms with van der Waals surface area (Å²) in [6.07, 6.45) is 6.14. The predicted octanol–water partition coefficient (Wildman–Crippen LogP) is 4.94. The van der Waals surface area contributed by atoms with E-state index in [9.17, 15) is 13.6 Å². The fourth-order valence-corrected chi connectivity index (χ4v) is 5.69. The van der Waals surface area contributed by atoms with E-state index in [-0.39, 0.29) is 17.8 Å². The Morgan fingerprint density at radius 2 is 1.74 bits per heavy atom. The molecule has 2 heterocycles. The Hall–Kier alpha value is -3.00. The van der Waals surface area contributed by atoms with Crippen molar-refractivity contribution in [1.29, 1.82) is 0 Å². The highest BCUT2D eigenvalue weighted by atomic mass is 19.1. The van der Waals surface area contributed by atoms with Gasteiger partial charge in [0.1, 0.15) is 23.0 Å². The number of amides is 2. The van der Waals surface area contributed by atoms with Gasteiger partial charge in [0, 0.05) is 45.5 Å². The minimum Gasteiger partial charge on any atom is -0.378 e. The minimum atomic E-state index is -0.766. The van der Waals surface area contributed by atoms with E-state index >= 15 is 0 Å². The van der Waals surface area contributed by atoms with Crippen molar-refractivity contribution in [2.24, 2.45) is 4.99 Å². The largest absolute Gasteiger partial charge is 0.378 e. The lowest BCUT2D eigenvalue weighted by atomic mass is 9.93. The van der Waals surface area contributed by atoms with Crippen molar-refractivity contribution >= 4 is 23.2 Å². The smallest absolute Gasteiger partial charge is 0.328 e. The number of urea groups is 1. The fourth-order valence-electron chi connectivity index (χ4n) is 5.69. The van der Waals surface area contributed by atoms with E-state index in [4.69, 9.17) is 4.99 Å². The molecule has 2 aromatic carbocycles. The first-order valence-electron chi connectivity index (χ1n) is 12.5. The van der Waals surface area contributed by atoms with Crippen LogP contribution in [0.5, 0.6) is 0 Å². The number of hydrogen-bond donors (Lipinski definition) is 1. The van der Waals surface area contributed by atoms with Crippen LogP contribution in [-0.4, -0.2) is 55.5 Å². The molecule has 0 aromatic heterocycles. The zero-order valence-electron chi connectivity index (χ0n) is 20.4. The number of hydrogen-bond acceptors (Lipinski definition) is 4. The van der Waals surface area contributed by atoms with Crippen molar-refractivity contribution in [3.05, 3.63) is 59.7 Å². The van der Waals surface area contributed by atoms with Crippen molar-refractivity contribution < 1.29 is 13.6 Å². The lowest BCUT2D eigenvalue weighted by Crippen LogP contribution is -2.52. The maximum atomic E-state index is 14.2. The monoisotopic (exact) mass is 481 g/mol. The average molecular weight is 482 g/mol. The van der Waals surface area contributed by atoms with Crippen molar-refractivity contribution in [1.82, 2.24) is 10.2 Å². The SMILES string of the molecule is CN(C)c1ccc(CN2CCC3(C2)C(=NC2CCCCC2)NC(=O)N3c2cc(F)cc(F)c2)cc1. The van der Waals surface area contributed by atoms with Crippen LogP contribution >= 0.6 is 0 Å². The molecule has 0 bridgehead atoms. The topological polar surface area (TPSA) is 51.2 Å². The molecule has 8 heteroatoms. The molecule has 6 nitrogen and oxygen atoms in total. The van der Waals surface area contributed by atoms with Gasteiger partial charge in [-0.2, -0.15) is 0 Å². The summed E-state index contributed by atoms with van der Waals surface area (Å²) < 4.78 is 28.3. The van der Waals surface area contributed by atoms with E-state index in [1.165, 1.54) is 29.0 Å². The number of rotatable bonds is 5. The number of carbonyl (C=O) groups is 1. The molecule has 0 radical (unpaired) electrons. The molecule has 2 aliphatic heterocycles. The number of halogens is 2. The van der Waals surface area contributed by atoms with Crippen LogP contribution in [0.25, 0.3) is 0 Å². The summed E-state index contributed by atoms with van der Waals surface area (Å²) in [5.74, 6) is -0.752. The molecule has 1 atom stereocenters. The minimum absolute atomic E-state index is 0.174. The summed E-state index contributed by atoms with van der Waals surface area (Å²) in [6.45, 7) is 2.03. The molecular formula is C27H33F2N5O. The summed E-state index contributed by atoms with van der Waals surface area (Å²) in [5, 5.41) is 2.99. The quantitative estimate of drug-likeness (QED) is 0.659. The summed E-state index contributed by atoms with van der Waals surface area (Å²) >= 11 is 0. The van der Waals surface area contributed by atoms with Gasteiger partial charge in [-0.3, -0.25) is 20.1 Å². The van der Waals surface area contributed by atoms with Crippen LogP contribution in [0.1, 0.15) is 44.1 Å². The second-order valence-corrected chi connectivity index (χ2v) is 10.2. The molecule has 1 N–H and O–H groups in total. The summed E-state index contributed by atoms with van der Waals surface area (Å²) in [4.78, 5) is 24.2. The second-order valence-electron chi connectivity index (χ2n) is 10.2. The molecule has 2 saturated heterocycles. The van der Waals surface area contributed by atoms with Crippen LogP contribution in [-0.2, 0) is 6.54 Å². The number of amidine groups is 1. The van der Waals surface area contributed by atoms with Crippen molar-refractivity contribution in [2.45, 2.75) is 56.7 Å². The first-order valence-corrected chi connectivity index (χ1v) is 12.5. The molecule has 3 fully saturated rings. The molecule has 5 rings (SSSR count). The average Bonchev–Trinajstić information content (AvgIpc) is 3.34. The zero-order valence-corrected chi connectivity index (χ0v) is 20.4. The van der Waals surface area contributed by atoms with E-state index in [0.29, 0.717) is 18.8 Å². The van der Waals surface area contributed by atoms with Gasteiger partial charge in [0.25, 0.3) is 0 Å². The highest BCUT2D eigenvalue weighted by molar-refractivity contribution is 6.19. The summed E-state index contributed by atoms with van der Waals surface area (Å²) in [5.41, 5.74) is 1.78. The molecular weight excluding hydrogens is 448 g/mol. The molecule has 1 unspecified atom stereocenters. The summed E-state index contributed by atoms with van der Waals surface area (Å²) in [6, 6.07) is 11.5. The van der Waals surface area contributed by atoms with Gasteiger partial charge in [0.05, 0.1) is 11.7 Å². The third-order valence-corrected chi connectivity index (χ3v) is 7.47. The van der Waals surface area contributed by atoms with Gasteiger partial charge in [-0.15, -0.1) is 0 Å². The Labute approximate surface area is 205 Å². The highest BCUT2D eigenvalue weighted by Crippen LogP contribution is 2.39. The Bertz CT molecular complexity index is 1090. The lowest BCUT2D eigenvalue weighted by molar-refractivity contribution is 0.250. The predicted molar refractivity (Wildman–Crippen MR) is 135 cm³/mol. The maximum Gasteiger partial charge on any atom is 0.328 e. The summed E-state index contributed by atoms with van der Waals surface area (Å²) in [7, 11) is 4.03. The molecule has 1 spiro atoms. The number of nitrogens with one attached hydrogen (secondary N) is 1. The highest BCUT2D eigenvalue weighted by Gasteiger charge is 2.55. The normalized spacial score (nSPS) is 24.5. The third kappa shape index (κ3) is 4.76. The van der Waals surface area contributed by atoms with E-state index in [1.807, 2.05) is 14.1 Å². The Morgan fingerprint density at radius 1 is 1.06 bits per heavy atom. The number of anilines is 2. The fraction of sp³-hybridized carbons (Fsp3) is 0.481. The zero-order chi connectivity index (χ0) is 24.6. The van der Waals surface area contributed by atoms with Crippen LogP contribution in [0.4, 0.5) is 25.0 Å². The van der Waals surface area contributed by atoms with Gasteiger partial charge in [0.15, 0.2) is 0 Å². The van der Waals surface area contributed by atoms with Crippen molar-refractivity contribution in [3.63, 3.8) is 0 Å². The molecule has 35 heavy (non-hydrogen) atoms. The van der Waals surface area contributed by atoms with Gasteiger partial charge in [-0.25, -0.2) is 13.6 Å². The van der Waals surface area contributed by atoms with E-state index < -0.39 is 17.2 Å². The van der Waals surface area contributed by atoms with Crippen LogP contribution < -0.4 is 15.1 Å². The number of carbonyl (C=O) groups excluding carboxylic acids is 1. The molecule has 2 aromatic rings. The molecule has 2 amide bonds. The Kier molecular flexibility index (Phi) is 6.49. The number of aliphatic imine (C=N–C) groups is 1. The Morgan fingerprint density at radius 3 is 2.40 bits per heavy atom. The van der Waals surface area contributed by atoms with Crippen LogP contribution in [0.3, 0.4) is 0 Å². The number of likely N-dealkylation sites (tertiary alicyclic amines) is 1. The standard InChI is InChI=1S/C27H33F2N5O/c1-32(2)23-10-8-19(9-11-23)17-33-13-12-27(18-33)25(30-22-6-4-3-5-7-22)31-26(35)34(27)24-15-20(28)14-21(29)16-24/h8-11,14-16,22H,3-7,12-13,17-18H2,1-2H3,(H,30,31,35). The Balaban J connectivity index is 1.46. The van der Waals surface area contributed by atoms with E-state index in [2.05, 4.69) is 39.4 Å². The van der Waals surface area contributed by atoms with Crippen molar-refractivity contribution in [2.75, 3.05) is 37.0 Å². The molecule has 1 aliphatic carbocycles. The van der Waals surface area contributed by atoms with Gasteiger partial charge >= 0.3 is 6.03 Å². The van der Waals surface area contributed by atoms with Crippen LogP contribution in [0, 0.1) is 11.6 Å².